The fourth-order valence-corrected chi connectivity index (χ4v) is 1.87. The Bertz CT molecular complexity index is 534. The molecule has 0 bridgehead atoms. The van der Waals surface area contributed by atoms with Gasteiger partial charge in [0, 0.05) is 5.69 Å². The first kappa shape index (κ1) is 11.5. The summed E-state index contributed by atoms with van der Waals surface area (Å²) in [6.07, 6.45) is 1.53. The van der Waals surface area contributed by atoms with Crippen molar-refractivity contribution >= 4 is 23.5 Å². The molecule has 0 aliphatic heterocycles. The lowest BCUT2D eigenvalue weighted by molar-refractivity contribution is 0.0959. The Balaban J connectivity index is 1.96. The van der Waals surface area contributed by atoms with E-state index in [2.05, 4.69) is 15.5 Å². The molecule has 0 spiro atoms. The van der Waals surface area contributed by atoms with Gasteiger partial charge in [-0.1, -0.05) is 12.1 Å². The number of hydrazone groups is 1. The lowest BCUT2D eigenvalue weighted by atomic mass is 10.3. The van der Waals surface area contributed by atoms with Crippen molar-refractivity contribution in [1.29, 1.82) is 0 Å². The second kappa shape index (κ2) is 5.36. The van der Waals surface area contributed by atoms with Gasteiger partial charge in [0.1, 0.15) is 0 Å². The number of carbonyl (C=O) groups is 1. The van der Waals surface area contributed by atoms with Gasteiger partial charge in [0.05, 0.1) is 16.8 Å². The van der Waals surface area contributed by atoms with Crippen molar-refractivity contribution in [2.45, 2.75) is 6.92 Å². The van der Waals surface area contributed by atoms with Crippen LogP contribution in [0, 0.1) is 6.92 Å². The monoisotopic (exact) mass is 245 g/mol. The van der Waals surface area contributed by atoms with Crippen LogP contribution in [0.2, 0.25) is 0 Å². The molecule has 0 aliphatic carbocycles. The highest BCUT2D eigenvalue weighted by molar-refractivity contribution is 7.12. The molecule has 0 saturated heterocycles. The summed E-state index contributed by atoms with van der Waals surface area (Å²) in [5.74, 6) is -0.205. The maximum atomic E-state index is 11.5. The van der Waals surface area contributed by atoms with Crippen molar-refractivity contribution in [3.63, 3.8) is 0 Å². The van der Waals surface area contributed by atoms with Gasteiger partial charge in [0.25, 0.3) is 5.91 Å². The Kier molecular flexibility index (Phi) is 3.62. The average Bonchev–Trinajstić information content (AvgIpc) is 2.82. The number of hydrogen-bond donors (Lipinski definition) is 1. The Morgan fingerprint density at radius 3 is 3.00 bits per heavy atom. The van der Waals surface area contributed by atoms with Gasteiger partial charge in [-0.2, -0.15) is 5.10 Å². The number of rotatable bonds is 3. The van der Waals surface area contributed by atoms with Crippen LogP contribution in [0.5, 0.6) is 0 Å². The molecule has 0 fully saturated rings. The Morgan fingerprint density at radius 2 is 2.29 bits per heavy atom. The summed E-state index contributed by atoms with van der Waals surface area (Å²) in [5.41, 5.74) is 4.09. The largest absolute Gasteiger partial charge is 0.281 e. The van der Waals surface area contributed by atoms with E-state index < -0.39 is 0 Å². The minimum Gasteiger partial charge on any atom is -0.266 e. The van der Waals surface area contributed by atoms with Gasteiger partial charge in [-0.15, -0.1) is 11.3 Å². The first-order valence-electron chi connectivity index (χ1n) is 5.06. The second-order valence-electron chi connectivity index (χ2n) is 3.38. The van der Waals surface area contributed by atoms with Crippen LogP contribution >= 0.6 is 11.3 Å². The average molecular weight is 245 g/mol. The molecule has 2 rings (SSSR count). The topological polar surface area (TPSA) is 54.4 Å². The molecule has 5 heteroatoms. The number of nitrogens with one attached hydrogen (secondary N) is 1. The lowest BCUT2D eigenvalue weighted by Crippen LogP contribution is -2.16. The molecule has 2 heterocycles. The standard InChI is InChI=1S/C12H11N3OS/c1-9-4-2-5-10(14-9)8-13-15-12(16)11-6-3-7-17-11/h2-8H,1H3,(H,15,16). The molecular weight excluding hydrogens is 234 g/mol. The van der Waals surface area contributed by atoms with Crippen LogP contribution in [0.25, 0.3) is 0 Å². The summed E-state index contributed by atoms with van der Waals surface area (Å²) < 4.78 is 0. The van der Waals surface area contributed by atoms with E-state index in [0.29, 0.717) is 4.88 Å². The van der Waals surface area contributed by atoms with Gasteiger partial charge in [0.15, 0.2) is 0 Å². The highest BCUT2D eigenvalue weighted by atomic mass is 32.1. The van der Waals surface area contributed by atoms with Gasteiger partial charge >= 0.3 is 0 Å². The van der Waals surface area contributed by atoms with E-state index in [4.69, 9.17) is 0 Å². The molecule has 4 nitrogen and oxygen atoms in total. The minimum atomic E-state index is -0.205. The number of amides is 1. The molecule has 0 unspecified atom stereocenters. The summed E-state index contributed by atoms with van der Waals surface area (Å²) in [6, 6.07) is 9.20. The number of aryl methyl sites for hydroxylation is 1. The maximum Gasteiger partial charge on any atom is 0.281 e. The lowest BCUT2D eigenvalue weighted by Gasteiger charge is -1.96. The van der Waals surface area contributed by atoms with E-state index in [0.717, 1.165) is 11.4 Å². The third-order valence-electron chi connectivity index (χ3n) is 2.02. The number of aromatic nitrogens is 1. The van der Waals surface area contributed by atoms with Gasteiger partial charge in [0.2, 0.25) is 0 Å². The van der Waals surface area contributed by atoms with Gasteiger partial charge in [-0.05, 0) is 30.5 Å². The van der Waals surface area contributed by atoms with E-state index in [1.54, 1.807) is 6.07 Å². The van der Waals surface area contributed by atoms with E-state index in [1.807, 2.05) is 36.6 Å². The van der Waals surface area contributed by atoms with E-state index in [-0.39, 0.29) is 5.91 Å². The van der Waals surface area contributed by atoms with Crippen molar-refractivity contribution in [1.82, 2.24) is 10.4 Å². The number of carbonyl (C=O) groups excluding carboxylic acids is 1. The molecule has 17 heavy (non-hydrogen) atoms. The number of pyridine rings is 1. The molecule has 0 aromatic carbocycles. The summed E-state index contributed by atoms with van der Waals surface area (Å²) in [7, 11) is 0. The summed E-state index contributed by atoms with van der Waals surface area (Å²) >= 11 is 1.38. The molecular formula is C12H11N3OS. The zero-order chi connectivity index (χ0) is 12.1. The van der Waals surface area contributed by atoms with Gasteiger partial charge in [-0.25, -0.2) is 5.43 Å². The maximum absolute atomic E-state index is 11.5. The fraction of sp³-hybridized carbons (Fsp3) is 0.0833. The molecule has 2 aromatic rings. The Hall–Kier alpha value is -2.01. The molecule has 1 N–H and O–H groups in total. The van der Waals surface area contributed by atoms with Crippen molar-refractivity contribution in [2.75, 3.05) is 0 Å². The molecule has 0 atom stereocenters. The first-order chi connectivity index (χ1) is 8.25. The number of thiophene rings is 1. The predicted octanol–water partition coefficient (Wildman–Crippen LogP) is 2.22. The van der Waals surface area contributed by atoms with Crippen molar-refractivity contribution < 1.29 is 4.79 Å². The van der Waals surface area contributed by atoms with Gasteiger partial charge < -0.3 is 0 Å². The van der Waals surface area contributed by atoms with Crippen molar-refractivity contribution in [3.8, 4) is 0 Å². The predicted molar refractivity (Wildman–Crippen MR) is 68.4 cm³/mol. The zero-order valence-corrected chi connectivity index (χ0v) is 10.1. The molecule has 0 radical (unpaired) electrons. The minimum absolute atomic E-state index is 0.205. The van der Waals surface area contributed by atoms with Crippen LogP contribution < -0.4 is 5.43 Å². The van der Waals surface area contributed by atoms with E-state index in [1.165, 1.54) is 17.6 Å². The number of nitrogens with zero attached hydrogens (tertiary/aromatic N) is 2. The van der Waals surface area contributed by atoms with Gasteiger partial charge in [-0.3, -0.25) is 9.78 Å². The summed E-state index contributed by atoms with van der Waals surface area (Å²) in [4.78, 5) is 16.4. The van der Waals surface area contributed by atoms with Crippen LogP contribution in [0.15, 0.2) is 40.8 Å². The number of hydrogen-bond acceptors (Lipinski definition) is 4. The molecule has 0 saturated carbocycles. The van der Waals surface area contributed by atoms with Crippen LogP contribution in [0.1, 0.15) is 21.1 Å². The quantitative estimate of drug-likeness (QED) is 0.666. The Morgan fingerprint density at radius 1 is 1.41 bits per heavy atom. The molecule has 0 aliphatic rings. The first-order valence-corrected chi connectivity index (χ1v) is 5.94. The fourth-order valence-electron chi connectivity index (χ4n) is 1.26. The summed E-state index contributed by atoms with van der Waals surface area (Å²) in [5, 5.41) is 5.71. The summed E-state index contributed by atoms with van der Waals surface area (Å²) in [6.45, 7) is 1.90. The third-order valence-corrected chi connectivity index (χ3v) is 2.89. The smallest absolute Gasteiger partial charge is 0.266 e. The second-order valence-corrected chi connectivity index (χ2v) is 4.33. The van der Waals surface area contributed by atoms with Crippen molar-refractivity contribution in [2.24, 2.45) is 5.10 Å². The van der Waals surface area contributed by atoms with E-state index in [9.17, 15) is 4.79 Å². The molecule has 86 valence electrons. The van der Waals surface area contributed by atoms with Crippen molar-refractivity contribution in [3.05, 3.63) is 52.0 Å². The zero-order valence-electron chi connectivity index (χ0n) is 9.25. The van der Waals surface area contributed by atoms with Crippen LogP contribution in [0.3, 0.4) is 0 Å². The SMILES string of the molecule is Cc1cccc(C=NNC(=O)c2cccs2)n1. The third kappa shape index (κ3) is 3.22. The molecule has 2 aromatic heterocycles. The normalized spacial score (nSPS) is 10.6. The molecule has 1 amide bonds. The van der Waals surface area contributed by atoms with E-state index >= 15 is 0 Å². The highest BCUT2D eigenvalue weighted by Gasteiger charge is 2.03. The Labute approximate surface area is 103 Å². The highest BCUT2D eigenvalue weighted by Crippen LogP contribution is 2.07. The van der Waals surface area contributed by atoms with Crippen LogP contribution in [0.4, 0.5) is 0 Å². The van der Waals surface area contributed by atoms with Crippen LogP contribution in [-0.4, -0.2) is 17.1 Å². The van der Waals surface area contributed by atoms with Crippen LogP contribution in [-0.2, 0) is 0 Å².